The molecule has 6 nitrogen and oxygen atoms in total. The average molecular weight is 309 g/mol. The molecule has 0 aromatic carbocycles. The van der Waals surface area contributed by atoms with E-state index in [4.69, 9.17) is 5.11 Å². The summed E-state index contributed by atoms with van der Waals surface area (Å²) < 4.78 is 1.88. The van der Waals surface area contributed by atoms with Crippen LogP contribution in [-0.2, 0) is 16.0 Å². The summed E-state index contributed by atoms with van der Waals surface area (Å²) in [4.78, 5) is 30.0. The Labute approximate surface area is 127 Å². The van der Waals surface area contributed by atoms with Gasteiger partial charge in [-0.15, -0.1) is 11.3 Å². The number of imidazole rings is 1. The van der Waals surface area contributed by atoms with Crippen LogP contribution in [0.3, 0.4) is 0 Å². The standard InChI is InChI=1S/C14H19N3O3S/c1-14(2,3)17(5-4-12(19)20)11(18)8-10-9-16-6-7-21-13(16)15-10/h6-7,9H,4-5,8H2,1-3H3,(H,19,20). The predicted molar refractivity (Wildman–Crippen MR) is 80.5 cm³/mol. The summed E-state index contributed by atoms with van der Waals surface area (Å²) in [7, 11) is 0. The minimum atomic E-state index is -0.903. The molecule has 2 rings (SSSR count). The smallest absolute Gasteiger partial charge is 0.305 e. The Morgan fingerprint density at radius 2 is 2.14 bits per heavy atom. The summed E-state index contributed by atoms with van der Waals surface area (Å²) in [6.07, 6.45) is 3.86. The number of nitrogens with zero attached hydrogens (tertiary/aromatic N) is 3. The second-order valence-corrected chi connectivity index (χ2v) is 6.73. The third-order valence-electron chi connectivity index (χ3n) is 3.14. The van der Waals surface area contributed by atoms with E-state index >= 15 is 0 Å². The van der Waals surface area contributed by atoms with Crippen molar-refractivity contribution in [1.29, 1.82) is 0 Å². The largest absolute Gasteiger partial charge is 0.481 e. The molecule has 1 amide bonds. The van der Waals surface area contributed by atoms with Gasteiger partial charge in [-0.05, 0) is 20.8 Å². The molecule has 7 heteroatoms. The van der Waals surface area contributed by atoms with Crippen molar-refractivity contribution in [3.8, 4) is 0 Å². The van der Waals surface area contributed by atoms with E-state index in [0.29, 0.717) is 5.69 Å². The van der Waals surface area contributed by atoms with Crippen LogP contribution in [0.1, 0.15) is 32.9 Å². The highest BCUT2D eigenvalue weighted by Gasteiger charge is 2.27. The SMILES string of the molecule is CC(C)(C)N(CCC(=O)O)C(=O)Cc1cn2ccsc2n1. The van der Waals surface area contributed by atoms with Crippen molar-refractivity contribution < 1.29 is 14.7 Å². The lowest BCUT2D eigenvalue weighted by Crippen LogP contribution is -2.47. The van der Waals surface area contributed by atoms with E-state index in [1.807, 2.05) is 42.9 Å². The van der Waals surface area contributed by atoms with E-state index in [9.17, 15) is 9.59 Å². The molecule has 0 saturated heterocycles. The Balaban J connectivity index is 2.10. The monoisotopic (exact) mass is 309 g/mol. The van der Waals surface area contributed by atoms with Crippen LogP contribution >= 0.6 is 11.3 Å². The van der Waals surface area contributed by atoms with Gasteiger partial charge in [0.05, 0.1) is 18.5 Å². The number of amides is 1. The topological polar surface area (TPSA) is 74.9 Å². The van der Waals surface area contributed by atoms with E-state index in [0.717, 1.165) is 4.96 Å². The van der Waals surface area contributed by atoms with Crippen LogP contribution in [0.4, 0.5) is 0 Å². The molecule has 0 bridgehead atoms. The van der Waals surface area contributed by atoms with E-state index in [1.165, 1.54) is 11.3 Å². The maximum atomic E-state index is 12.5. The van der Waals surface area contributed by atoms with E-state index in [2.05, 4.69) is 4.98 Å². The summed E-state index contributed by atoms with van der Waals surface area (Å²) in [5.41, 5.74) is 0.292. The molecule has 0 spiro atoms. The van der Waals surface area contributed by atoms with Crippen LogP contribution in [0.5, 0.6) is 0 Å². The fraction of sp³-hybridized carbons (Fsp3) is 0.500. The molecule has 21 heavy (non-hydrogen) atoms. The third kappa shape index (κ3) is 3.81. The molecule has 2 heterocycles. The van der Waals surface area contributed by atoms with Crippen molar-refractivity contribution in [1.82, 2.24) is 14.3 Å². The van der Waals surface area contributed by atoms with Crippen LogP contribution < -0.4 is 0 Å². The first-order chi connectivity index (χ1) is 9.77. The van der Waals surface area contributed by atoms with Crippen LogP contribution in [-0.4, -0.2) is 43.4 Å². The van der Waals surface area contributed by atoms with Gasteiger partial charge in [0.1, 0.15) is 0 Å². The summed E-state index contributed by atoms with van der Waals surface area (Å²) in [6.45, 7) is 5.91. The normalized spacial score (nSPS) is 11.8. The molecule has 0 fully saturated rings. The third-order valence-corrected chi connectivity index (χ3v) is 3.91. The number of rotatable bonds is 5. The minimum Gasteiger partial charge on any atom is -0.481 e. The Morgan fingerprint density at radius 3 is 2.71 bits per heavy atom. The van der Waals surface area contributed by atoms with Gasteiger partial charge in [0.2, 0.25) is 5.91 Å². The van der Waals surface area contributed by atoms with Crippen molar-refractivity contribution in [3.05, 3.63) is 23.5 Å². The minimum absolute atomic E-state index is 0.0543. The molecular weight excluding hydrogens is 290 g/mol. The molecule has 0 aliphatic rings. The highest BCUT2D eigenvalue weighted by Crippen LogP contribution is 2.17. The highest BCUT2D eigenvalue weighted by molar-refractivity contribution is 7.15. The van der Waals surface area contributed by atoms with E-state index in [-0.39, 0.29) is 25.3 Å². The van der Waals surface area contributed by atoms with Gasteiger partial charge in [-0.3, -0.25) is 14.0 Å². The molecule has 1 N–H and O–H groups in total. The van der Waals surface area contributed by atoms with Crippen molar-refractivity contribution in [2.45, 2.75) is 39.2 Å². The van der Waals surface area contributed by atoms with Gasteiger partial charge in [-0.1, -0.05) is 0 Å². The first kappa shape index (κ1) is 15.5. The van der Waals surface area contributed by atoms with Crippen molar-refractivity contribution in [2.24, 2.45) is 0 Å². The van der Waals surface area contributed by atoms with Gasteiger partial charge in [0.15, 0.2) is 4.96 Å². The Kier molecular flexibility index (Phi) is 4.32. The van der Waals surface area contributed by atoms with Gasteiger partial charge < -0.3 is 10.0 Å². The fourth-order valence-electron chi connectivity index (χ4n) is 2.15. The number of carbonyl (C=O) groups excluding carboxylic acids is 1. The van der Waals surface area contributed by atoms with Crippen molar-refractivity contribution in [3.63, 3.8) is 0 Å². The van der Waals surface area contributed by atoms with Gasteiger partial charge in [-0.25, -0.2) is 4.98 Å². The molecule has 114 valence electrons. The zero-order chi connectivity index (χ0) is 15.6. The molecule has 0 aliphatic heterocycles. The van der Waals surface area contributed by atoms with Crippen LogP contribution in [0.2, 0.25) is 0 Å². The molecule has 0 radical (unpaired) electrons. The van der Waals surface area contributed by atoms with Crippen molar-refractivity contribution in [2.75, 3.05) is 6.54 Å². The molecule has 2 aromatic rings. The second kappa shape index (κ2) is 5.85. The Bertz CT molecular complexity index is 625. The van der Waals surface area contributed by atoms with E-state index < -0.39 is 11.5 Å². The van der Waals surface area contributed by atoms with Gasteiger partial charge >= 0.3 is 5.97 Å². The predicted octanol–water partition coefficient (Wildman–Crippen LogP) is 2.04. The summed E-state index contributed by atoms with van der Waals surface area (Å²) in [6, 6.07) is 0. The van der Waals surface area contributed by atoms with Gasteiger partial charge in [0.25, 0.3) is 0 Å². The summed E-state index contributed by atoms with van der Waals surface area (Å²) in [5, 5.41) is 10.7. The molecule has 2 aromatic heterocycles. The van der Waals surface area contributed by atoms with Crippen LogP contribution in [0, 0.1) is 0 Å². The number of hydrogen-bond acceptors (Lipinski definition) is 4. The number of carbonyl (C=O) groups is 2. The lowest BCUT2D eigenvalue weighted by molar-refractivity contribution is -0.140. The maximum Gasteiger partial charge on any atom is 0.305 e. The van der Waals surface area contributed by atoms with Crippen LogP contribution in [0.25, 0.3) is 4.96 Å². The first-order valence-electron chi connectivity index (χ1n) is 6.71. The van der Waals surface area contributed by atoms with Crippen LogP contribution in [0.15, 0.2) is 17.8 Å². The van der Waals surface area contributed by atoms with Gasteiger partial charge in [-0.2, -0.15) is 0 Å². The Morgan fingerprint density at radius 1 is 1.43 bits per heavy atom. The summed E-state index contributed by atoms with van der Waals surface area (Å²) in [5.74, 6) is -1.01. The molecule has 0 unspecified atom stereocenters. The maximum absolute atomic E-state index is 12.5. The zero-order valence-corrected chi connectivity index (χ0v) is 13.2. The fourth-order valence-corrected chi connectivity index (χ4v) is 2.87. The zero-order valence-electron chi connectivity index (χ0n) is 12.4. The first-order valence-corrected chi connectivity index (χ1v) is 7.58. The number of carboxylic acid groups (broad SMARTS) is 1. The number of hydrogen-bond donors (Lipinski definition) is 1. The molecule has 0 atom stereocenters. The molecule has 0 saturated carbocycles. The number of aliphatic carboxylic acids is 1. The second-order valence-electron chi connectivity index (χ2n) is 5.86. The van der Waals surface area contributed by atoms with Gasteiger partial charge in [0, 0.05) is 29.9 Å². The Hall–Kier alpha value is -1.89. The lowest BCUT2D eigenvalue weighted by atomic mass is 10.0. The lowest BCUT2D eigenvalue weighted by Gasteiger charge is -2.35. The highest BCUT2D eigenvalue weighted by atomic mass is 32.1. The van der Waals surface area contributed by atoms with Crippen molar-refractivity contribution >= 4 is 28.2 Å². The molecule has 0 aliphatic carbocycles. The number of fused-ring (bicyclic) bond motifs is 1. The number of aromatic nitrogens is 2. The number of thiazole rings is 1. The van der Waals surface area contributed by atoms with E-state index in [1.54, 1.807) is 4.90 Å². The molecular formula is C14H19N3O3S. The quantitative estimate of drug-likeness (QED) is 0.917. The average Bonchev–Trinajstić information content (AvgIpc) is 2.86. The summed E-state index contributed by atoms with van der Waals surface area (Å²) >= 11 is 1.51. The number of carboxylic acids is 1.